The van der Waals surface area contributed by atoms with Gasteiger partial charge >= 0.3 is 11.9 Å². The maximum atomic E-state index is 12.5. The van der Waals surface area contributed by atoms with E-state index in [1.165, 1.54) is 7.05 Å². The number of nitrogens with zero attached hydrogens (tertiary/aromatic N) is 1. The van der Waals surface area contributed by atoms with Crippen LogP contribution in [0.2, 0.25) is 0 Å². The molecule has 0 aromatic heterocycles. The molecule has 0 saturated heterocycles. The summed E-state index contributed by atoms with van der Waals surface area (Å²) in [5, 5.41) is 8.03. The average molecular weight is 196 g/mol. The highest BCUT2D eigenvalue weighted by Crippen LogP contribution is 2.14. The van der Waals surface area contributed by atoms with Gasteiger partial charge in [0.2, 0.25) is 5.91 Å². The molecule has 1 amide bonds. The van der Waals surface area contributed by atoms with E-state index in [0.717, 1.165) is 4.90 Å². The van der Waals surface area contributed by atoms with Crippen LogP contribution in [0, 0.1) is 0 Å². The van der Waals surface area contributed by atoms with Crippen molar-refractivity contribution in [2.45, 2.75) is 5.92 Å². The lowest BCUT2D eigenvalue weighted by Crippen LogP contribution is -2.43. The van der Waals surface area contributed by atoms with E-state index in [0.29, 0.717) is 0 Å². The summed E-state index contributed by atoms with van der Waals surface area (Å²) in [7, 11) is 1.18. The number of nitrogens with two attached hydrogens (primary N) is 1. The number of halogens is 2. The van der Waals surface area contributed by atoms with Gasteiger partial charge in [-0.3, -0.25) is 9.69 Å². The molecule has 13 heavy (non-hydrogen) atoms. The minimum atomic E-state index is -3.86. The van der Waals surface area contributed by atoms with Crippen LogP contribution in [0.15, 0.2) is 0 Å². The average Bonchev–Trinajstić information content (AvgIpc) is 1.82. The van der Waals surface area contributed by atoms with Crippen molar-refractivity contribution in [1.29, 1.82) is 0 Å². The molecular formula is C6H10F2N2O3. The molecule has 0 atom stereocenters. The molecule has 0 fully saturated rings. The van der Waals surface area contributed by atoms with E-state index in [4.69, 9.17) is 10.8 Å². The van der Waals surface area contributed by atoms with Crippen LogP contribution in [-0.2, 0) is 9.59 Å². The Bertz CT molecular complexity index is 220. The summed E-state index contributed by atoms with van der Waals surface area (Å²) in [4.78, 5) is 21.0. The zero-order chi connectivity index (χ0) is 10.6. The quantitative estimate of drug-likeness (QED) is 0.598. The summed E-state index contributed by atoms with van der Waals surface area (Å²) < 4.78 is 24.9. The lowest BCUT2D eigenvalue weighted by Gasteiger charge is -2.18. The number of likely N-dealkylation sites (N-methyl/N-ethyl adjacent to an activating group) is 1. The summed E-state index contributed by atoms with van der Waals surface area (Å²) in [6.07, 6.45) is 0. The van der Waals surface area contributed by atoms with Gasteiger partial charge < -0.3 is 10.8 Å². The SMILES string of the molecule is CN(CC(N)=O)CC(F)(F)C(=O)O. The fourth-order valence-corrected chi connectivity index (χ4v) is 0.729. The van der Waals surface area contributed by atoms with Crippen LogP contribution in [-0.4, -0.2) is 47.9 Å². The van der Waals surface area contributed by atoms with Crippen molar-refractivity contribution < 1.29 is 23.5 Å². The highest BCUT2D eigenvalue weighted by atomic mass is 19.3. The fraction of sp³-hybridized carbons (Fsp3) is 0.667. The smallest absolute Gasteiger partial charge is 0.375 e. The molecule has 0 unspecified atom stereocenters. The van der Waals surface area contributed by atoms with Crippen molar-refractivity contribution in [2.24, 2.45) is 5.73 Å². The normalized spacial score (nSPS) is 11.7. The van der Waals surface area contributed by atoms with E-state index in [2.05, 4.69) is 0 Å². The molecule has 3 N–H and O–H groups in total. The Morgan fingerprint density at radius 3 is 2.31 bits per heavy atom. The lowest BCUT2D eigenvalue weighted by atomic mass is 10.3. The van der Waals surface area contributed by atoms with E-state index in [9.17, 15) is 18.4 Å². The van der Waals surface area contributed by atoms with Gasteiger partial charge in [-0.1, -0.05) is 0 Å². The molecular weight excluding hydrogens is 186 g/mol. The molecule has 0 aliphatic rings. The Morgan fingerprint density at radius 2 is 2.00 bits per heavy atom. The second-order valence-corrected chi connectivity index (χ2v) is 2.65. The molecule has 0 bridgehead atoms. The number of carboxylic acid groups (broad SMARTS) is 1. The molecule has 76 valence electrons. The highest BCUT2D eigenvalue weighted by molar-refractivity contribution is 5.77. The topological polar surface area (TPSA) is 83.6 Å². The molecule has 0 rings (SSSR count). The van der Waals surface area contributed by atoms with Crippen molar-refractivity contribution in [3.8, 4) is 0 Å². The Labute approximate surface area is 73.1 Å². The minimum Gasteiger partial charge on any atom is -0.477 e. The van der Waals surface area contributed by atoms with Crippen molar-refractivity contribution in [2.75, 3.05) is 20.1 Å². The maximum absolute atomic E-state index is 12.5. The first-order chi connectivity index (χ1) is 5.75. The van der Waals surface area contributed by atoms with Gasteiger partial charge in [-0.15, -0.1) is 0 Å². The van der Waals surface area contributed by atoms with E-state index < -0.39 is 30.9 Å². The van der Waals surface area contributed by atoms with E-state index >= 15 is 0 Å². The summed E-state index contributed by atoms with van der Waals surface area (Å²) in [6, 6.07) is 0. The number of carboxylic acids is 1. The molecule has 0 aliphatic carbocycles. The Morgan fingerprint density at radius 1 is 1.54 bits per heavy atom. The first kappa shape index (κ1) is 11.8. The zero-order valence-electron chi connectivity index (χ0n) is 6.96. The molecule has 0 heterocycles. The summed E-state index contributed by atoms with van der Waals surface area (Å²) in [6.45, 7) is -1.44. The molecule has 5 nitrogen and oxygen atoms in total. The Balaban J connectivity index is 4.11. The highest BCUT2D eigenvalue weighted by Gasteiger charge is 2.39. The number of aliphatic carboxylic acids is 1. The van der Waals surface area contributed by atoms with Crippen LogP contribution < -0.4 is 5.73 Å². The van der Waals surface area contributed by atoms with Crippen LogP contribution in [0.25, 0.3) is 0 Å². The number of hydrogen-bond donors (Lipinski definition) is 2. The Kier molecular flexibility index (Phi) is 3.73. The van der Waals surface area contributed by atoms with Crippen LogP contribution in [0.5, 0.6) is 0 Å². The van der Waals surface area contributed by atoms with Gasteiger partial charge in [0.25, 0.3) is 0 Å². The molecule has 0 radical (unpaired) electrons. The van der Waals surface area contributed by atoms with Crippen LogP contribution in [0.4, 0.5) is 8.78 Å². The minimum absolute atomic E-state index is 0.400. The van der Waals surface area contributed by atoms with E-state index in [1.807, 2.05) is 0 Å². The van der Waals surface area contributed by atoms with Crippen molar-refractivity contribution in [3.05, 3.63) is 0 Å². The van der Waals surface area contributed by atoms with Gasteiger partial charge in [-0.25, -0.2) is 4.79 Å². The number of hydrogen-bond acceptors (Lipinski definition) is 3. The van der Waals surface area contributed by atoms with Gasteiger partial charge in [0.1, 0.15) is 0 Å². The molecule has 0 aliphatic heterocycles. The third-order valence-electron chi connectivity index (χ3n) is 1.21. The van der Waals surface area contributed by atoms with Crippen LogP contribution in [0.3, 0.4) is 0 Å². The van der Waals surface area contributed by atoms with Crippen LogP contribution >= 0.6 is 0 Å². The maximum Gasteiger partial charge on any atom is 0.375 e. The number of carbonyl (C=O) groups excluding carboxylic acids is 1. The molecule has 0 aromatic carbocycles. The third-order valence-corrected chi connectivity index (χ3v) is 1.21. The van der Waals surface area contributed by atoms with Crippen molar-refractivity contribution in [3.63, 3.8) is 0 Å². The summed E-state index contributed by atoms with van der Waals surface area (Å²) in [5.74, 6) is -6.86. The Hall–Kier alpha value is -1.24. The fourth-order valence-electron chi connectivity index (χ4n) is 0.729. The number of amides is 1. The first-order valence-electron chi connectivity index (χ1n) is 3.34. The first-order valence-corrected chi connectivity index (χ1v) is 3.34. The predicted octanol–water partition coefficient (Wildman–Crippen LogP) is -0.877. The standard InChI is InChI=1S/C6H10F2N2O3/c1-10(2-4(9)11)3-6(7,8)5(12)13/h2-3H2,1H3,(H2,9,11)(H,12,13). The third kappa shape index (κ3) is 4.36. The second kappa shape index (κ2) is 4.13. The molecule has 7 heteroatoms. The number of rotatable bonds is 5. The molecule has 0 saturated carbocycles. The number of alkyl halides is 2. The molecule has 0 aromatic rings. The lowest BCUT2D eigenvalue weighted by molar-refractivity contribution is -0.167. The molecule has 0 spiro atoms. The number of carbonyl (C=O) groups is 2. The summed E-state index contributed by atoms with van der Waals surface area (Å²) in [5.41, 5.74) is 4.72. The van der Waals surface area contributed by atoms with Crippen LogP contribution in [0.1, 0.15) is 0 Å². The largest absolute Gasteiger partial charge is 0.477 e. The van der Waals surface area contributed by atoms with Crippen molar-refractivity contribution in [1.82, 2.24) is 4.90 Å². The van der Waals surface area contributed by atoms with Gasteiger partial charge in [0.05, 0.1) is 13.1 Å². The zero-order valence-corrected chi connectivity index (χ0v) is 6.96. The summed E-state index contributed by atoms with van der Waals surface area (Å²) >= 11 is 0. The van der Waals surface area contributed by atoms with E-state index in [-0.39, 0.29) is 0 Å². The van der Waals surface area contributed by atoms with E-state index in [1.54, 1.807) is 0 Å². The van der Waals surface area contributed by atoms with Gasteiger partial charge in [-0.2, -0.15) is 8.78 Å². The van der Waals surface area contributed by atoms with Gasteiger partial charge in [0.15, 0.2) is 0 Å². The van der Waals surface area contributed by atoms with Gasteiger partial charge in [0, 0.05) is 0 Å². The predicted molar refractivity (Wildman–Crippen MR) is 39.3 cm³/mol. The monoisotopic (exact) mass is 196 g/mol. The van der Waals surface area contributed by atoms with Gasteiger partial charge in [-0.05, 0) is 7.05 Å². The number of primary amides is 1. The van der Waals surface area contributed by atoms with Crippen molar-refractivity contribution >= 4 is 11.9 Å². The second-order valence-electron chi connectivity index (χ2n) is 2.65.